The first-order valence-corrected chi connectivity index (χ1v) is 6.62. The molecule has 0 saturated carbocycles. The quantitative estimate of drug-likeness (QED) is 0.800. The Bertz CT molecular complexity index is 635. The van der Waals surface area contributed by atoms with Gasteiger partial charge in [0.25, 0.3) is 10.1 Å². The molecule has 2 rings (SSSR count). The van der Waals surface area contributed by atoms with Crippen LogP contribution in [0.3, 0.4) is 0 Å². The molecule has 0 aliphatic rings. The molecule has 0 bridgehead atoms. The van der Waals surface area contributed by atoms with Crippen LogP contribution in [0.4, 0.5) is 0 Å². The zero-order valence-electron chi connectivity index (χ0n) is 8.18. The van der Waals surface area contributed by atoms with Crippen LogP contribution in [0.2, 0.25) is 0 Å². The Labute approximate surface area is 102 Å². The summed E-state index contributed by atoms with van der Waals surface area (Å²) in [5.74, 6) is 0. The summed E-state index contributed by atoms with van der Waals surface area (Å²) >= 11 is 3.37. The van der Waals surface area contributed by atoms with Crippen molar-refractivity contribution in [2.45, 2.75) is 4.90 Å². The minimum absolute atomic E-state index is 0.126. The maximum Gasteiger partial charge on any atom is 0.297 e. The Morgan fingerprint density at radius 2 is 1.69 bits per heavy atom. The van der Waals surface area contributed by atoms with E-state index >= 15 is 0 Å². The lowest BCUT2D eigenvalue weighted by Gasteiger charge is -2.07. The molecular formula is C11H8BrO3S. The molecule has 1 radical (unpaired) electrons. The lowest BCUT2D eigenvalue weighted by molar-refractivity contribution is 0.439. The molecular weight excluding hydrogens is 292 g/mol. The summed E-state index contributed by atoms with van der Waals surface area (Å²) in [6, 6.07) is 10.3. The van der Waals surface area contributed by atoms with Gasteiger partial charge in [-0.3, -0.25) is 4.18 Å². The zero-order valence-corrected chi connectivity index (χ0v) is 10.6. The van der Waals surface area contributed by atoms with Gasteiger partial charge in [0.1, 0.15) is 4.90 Å². The van der Waals surface area contributed by atoms with E-state index in [0.717, 1.165) is 9.86 Å². The molecule has 0 heterocycles. The third kappa shape index (κ3) is 1.86. The number of benzene rings is 2. The van der Waals surface area contributed by atoms with Crippen molar-refractivity contribution in [3.05, 3.63) is 48.0 Å². The fraction of sp³-hybridized carbons (Fsp3) is 0. The van der Waals surface area contributed by atoms with Crippen molar-refractivity contribution in [1.82, 2.24) is 0 Å². The van der Waals surface area contributed by atoms with Gasteiger partial charge in [-0.2, -0.15) is 8.42 Å². The van der Waals surface area contributed by atoms with E-state index in [1.165, 1.54) is 6.07 Å². The van der Waals surface area contributed by atoms with Crippen molar-refractivity contribution in [1.29, 1.82) is 0 Å². The highest BCUT2D eigenvalue weighted by atomic mass is 79.9. The van der Waals surface area contributed by atoms with Crippen LogP contribution in [-0.4, -0.2) is 8.42 Å². The molecule has 0 aliphatic carbocycles. The van der Waals surface area contributed by atoms with Gasteiger partial charge in [0.2, 0.25) is 0 Å². The lowest BCUT2D eigenvalue weighted by atomic mass is 10.1. The normalized spacial score (nSPS) is 11.9. The third-order valence-corrected chi connectivity index (χ3v) is 4.15. The second-order valence-corrected chi connectivity index (χ2v) is 5.60. The minimum Gasteiger partial charge on any atom is -0.264 e. The maximum absolute atomic E-state index is 11.6. The van der Waals surface area contributed by atoms with Gasteiger partial charge < -0.3 is 0 Å². The predicted molar refractivity (Wildman–Crippen MR) is 65.3 cm³/mol. The minimum atomic E-state index is -3.77. The first kappa shape index (κ1) is 11.6. The summed E-state index contributed by atoms with van der Waals surface area (Å²) in [7, 11) is -0.810. The standard InChI is InChI=1S/C11H8BrO3S/c1-15-16(13,14)11-7-6-10(12)8-4-2-3-5-9(8)11/h2-7H,1H2. The molecule has 16 heavy (non-hydrogen) atoms. The fourth-order valence-corrected chi connectivity index (χ4v) is 2.80. The number of fused-ring (bicyclic) bond motifs is 1. The highest BCUT2D eigenvalue weighted by Crippen LogP contribution is 2.30. The molecule has 0 amide bonds. The highest BCUT2D eigenvalue weighted by Gasteiger charge is 2.17. The summed E-state index contributed by atoms with van der Waals surface area (Å²) in [5, 5.41) is 1.43. The van der Waals surface area contributed by atoms with E-state index in [4.69, 9.17) is 0 Å². The highest BCUT2D eigenvalue weighted by molar-refractivity contribution is 9.10. The molecule has 0 atom stereocenters. The van der Waals surface area contributed by atoms with E-state index in [1.807, 2.05) is 12.1 Å². The average molecular weight is 300 g/mol. The molecule has 2 aromatic rings. The van der Waals surface area contributed by atoms with Gasteiger partial charge in [0.05, 0.1) is 7.11 Å². The van der Waals surface area contributed by atoms with Gasteiger partial charge in [-0.15, -0.1) is 0 Å². The van der Waals surface area contributed by atoms with E-state index in [1.54, 1.807) is 18.2 Å². The molecule has 0 N–H and O–H groups in total. The van der Waals surface area contributed by atoms with Gasteiger partial charge in [-0.25, -0.2) is 0 Å². The van der Waals surface area contributed by atoms with Crippen LogP contribution in [0, 0.1) is 7.11 Å². The fourth-order valence-electron chi connectivity index (χ4n) is 1.52. The van der Waals surface area contributed by atoms with Crippen molar-refractivity contribution in [3.63, 3.8) is 0 Å². The van der Waals surface area contributed by atoms with E-state index in [-0.39, 0.29) is 4.90 Å². The summed E-state index contributed by atoms with van der Waals surface area (Å²) in [6.07, 6.45) is 0. The van der Waals surface area contributed by atoms with Crippen LogP contribution < -0.4 is 0 Å². The van der Waals surface area contributed by atoms with Gasteiger partial charge in [-0.05, 0) is 17.5 Å². The SMILES string of the molecule is [CH2]OS(=O)(=O)c1ccc(Br)c2ccccc12. The Kier molecular flexibility index (Phi) is 3.01. The van der Waals surface area contributed by atoms with E-state index in [0.29, 0.717) is 5.39 Å². The van der Waals surface area contributed by atoms with E-state index in [2.05, 4.69) is 27.2 Å². The van der Waals surface area contributed by atoms with Crippen molar-refractivity contribution in [2.24, 2.45) is 0 Å². The third-order valence-electron chi connectivity index (χ3n) is 2.26. The summed E-state index contributed by atoms with van der Waals surface area (Å²) in [6.45, 7) is 0. The molecule has 2 aromatic carbocycles. The largest absolute Gasteiger partial charge is 0.297 e. The number of halogens is 1. The van der Waals surface area contributed by atoms with Gasteiger partial charge in [-0.1, -0.05) is 40.2 Å². The predicted octanol–water partition coefficient (Wildman–Crippen LogP) is 3.10. The van der Waals surface area contributed by atoms with Crippen molar-refractivity contribution in [2.75, 3.05) is 0 Å². The second kappa shape index (κ2) is 4.16. The van der Waals surface area contributed by atoms with Crippen LogP contribution in [0.25, 0.3) is 10.8 Å². The van der Waals surface area contributed by atoms with Crippen molar-refractivity contribution >= 4 is 36.8 Å². The second-order valence-electron chi connectivity index (χ2n) is 3.16. The first-order valence-electron chi connectivity index (χ1n) is 4.42. The Hall–Kier alpha value is -0.910. The molecule has 0 saturated heterocycles. The van der Waals surface area contributed by atoms with Crippen LogP contribution in [0.15, 0.2) is 45.8 Å². The zero-order chi connectivity index (χ0) is 11.8. The number of hydrogen-bond donors (Lipinski definition) is 0. The summed E-state index contributed by atoms with van der Waals surface area (Å²) in [4.78, 5) is 0.126. The molecule has 83 valence electrons. The molecule has 3 nitrogen and oxygen atoms in total. The lowest BCUT2D eigenvalue weighted by Crippen LogP contribution is -2.02. The van der Waals surface area contributed by atoms with E-state index < -0.39 is 10.1 Å². The van der Waals surface area contributed by atoms with Crippen LogP contribution in [0.1, 0.15) is 0 Å². The number of hydrogen-bond acceptors (Lipinski definition) is 3. The Morgan fingerprint density at radius 1 is 1.06 bits per heavy atom. The topological polar surface area (TPSA) is 43.4 Å². The summed E-state index contributed by atoms with van der Waals surface area (Å²) < 4.78 is 28.4. The smallest absolute Gasteiger partial charge is 0.264 e. The Morgan fingerprint density at radius 3 is 2.31 bits per heavy atom. The Balaban J connectivity index is 2.88. The maximum atomic E-state index is 11.6. The molecule has 0 fully saturated rings. The molecule has 5 heteroatoms. The molecule has 0 aromatic heterocycles. The van der Waals surface area contributed by atoms with Crippen LogP contribution >= 0.6 is 15.9 Å². The molecule has 0 unspecified atom stereocenters. The van der Waals surface area contributed by atoms with Crippen LogP contribution in [0.5, 0.6) is 0 Å². The summed E-state index contributed by atoms with van der Waals surface area (Å²) in [5.41, 5.74) is 0. The number of rotatable bonds is 2. The molecule has 0 aliphatic heterocycles. The monoisotopic (exact) mass is 299 g/mol. The molecule has 0 spiro atoms. The van der Waals surface area contributed by atoms with E-state index in [9.17, 15) is 8.42 Å². The van der Waals surface area contributed by atoms with Crippen LogP contribution in [-0.2, 0) is 14.3 Å². The average Bonchev–Trinajstić information content (AvgIpc) is 2.29. The first-order chi connectivity index (χ1) is 7.56. The van der Waals surface area contributed by atoms with Gasteiger partial charge in [0.15, 0.2) is 0 Å². The van der Waals surface area contributed by atoms with Gasteiger partial charge in [0, 0.05) is 9.86 Å². The van der Waals surface area contributed by atoms with Crippen molar-refractivity contribution < 1.29 is 12.6 Å². The van der Waals surface area contributed by atoms with Crippen molar-refractivity contribution in [3.8, 4) is 0 Å². The van der Waals surface area contributed by atoms with Gasteiger partial charge >= 0.3 is 0 Å².